The molecule has 0 radical (unpaired) electrons. The zero-order valence-corrected chi connectivity index (χ0v) is 13.9. The van der Waals surface area contributed by atoms with Crippen LogP contribution in [0.1, 0.15) is 5.56 Å². The van der Waals surface area contributed by atoms with E-state index in [-0.39, 0.29) is 0 Å². The molecule has 7 heteroatoms. The Kier molecular flexibility index (Phi) is 4.89. The number of hydrogen-bond acceptors (Lipinski definition) is 5. The van der Waals surface area contributed by atoms with E-state index in [9.17, 15) is 8.78 Å². The summed E-state index contributed by atoms with van der Waals surface area (Å²) in [5, 5.41) is 8.47. The van der Waals surface area contributed by atoms with E-state index in [2.05, 4.69) is 20.0 Å². The van der Waals surface area contributed by atoms with Gasteiger partial charge in [0.25, 0.3) is 0 Å². The van der Waals surface area contributed by atoms with Crippen LogP contribution in [0, 0.1) is 11.6 Å². The van der Waals surface area contributed by atoms with Gasteiger partial charge in [0.15, 0.2) is 11.6 Å². The Bertz CT molecular complexity index is 682. The first-order valence-corrected chi connectivity index (χ1v) is 7.95. The van der Waals surface area contributed by atoms with Gasteiger partial charge in [0.2, 0.25) is 0 Å². The van der Waals surface area contributed by atoms with Gasteiger partial charge >= 0.3 is 0 Å². The average molecular weight is 333 g/mol. The highest BCUT2D eigenvalue weighted by Gasteiger charge is 2.19. The van der Waals surface area contributed by atoms with Crippen LogP contribution in [0.5, 0.6) is 0 Å². The van der Waals surface area contributed by atoms with Crippen molar-refractivity contribution >= 4 is 11.6 Å². The number of halogens is 2. The first-order chi connectivity index (χ1) is 11.5. The Balaban J connectivity index is 1.57. The summed E-state index contributed by atoms with van der Waals surface area (Å²) >= 11 is 0. The van der Waals surface area contributed by atoms with Crippen molar-refractivity contribution < 1.29 is 8.78 Å². The minimum atomic E-state index is -0.541. The van der Waals surface area contributed by atoms with Gasteiger partial charge in [-0.2, -0.15) is 0 Å². The zero-order valence-electron chi connectivity index (χ0n) is 13.9. The summed E-state index contributed by atoms with van der Waals surface area (Å²) in [7, 11) is 3.86. The molecule has 1 saturated heterocycles. The fraction of sp³-hybridized carbons (Fsp3) is 0.412. The molecule has 2 aromatic rings. The van der Waals surface area contributed by atoms with Crippen molar-refractivity contribution in [3.05, 3.63) is 47.5 Å². The monoisotopic (exact) mass is 333 g/mol. The molecular formula is C17H21F2N5. The second kappa shape index (κ2) is 7.09. The van der Waals surface area contributed by atoms with E-state index in [0.717, 1.165) is 43.9 Å². The van der Waals surface area contributed by atoms with Crippen molar-refractivity contribution in [2.24, 2.45) is 0 Å². The normalized spacial score (nSPS) is 15.6. The molecule has 3 rings (SSSR count). The standard InChI is InChI=1S/C17H21F2N5/c1-22(2)16-5-6-17(21-20-16)24-9-7-23(8-10-24)12-13-3-4-14(18)11-15(13)19/h3-6,11H,7-10,12H2,1-2H3. The van der Waals surface area contributed by atoms with Crippen molar-refractivity contribution in [1.82, 2.24) is 15.1 Å². The second-order valence-corrected chi connectivity index (χ2v) is 6.14. The minimum absolute atomic E-state index is 0.484. The first kappa shape index (κ1) is 16.6. The topological polar surface area (TPSA) is 35.5 Å². The number of aromatic nitrogens is 2. The zero-order chi connectivity index (χ0) is 17.1. The highest BCUT2D eigenvalue weighted by atomic mass is 19.1. The van der Waals surface area contributed by atoms with Gasteiger partial charge in [-0.3, -0.25) is 4.90 Å². The molecule has 0 N–H and O–H groups in total. The molecule has 0 unspecified atom stereocenters. The number of piperazine rings is 1. The van der Waals surface area contributed by atoms with E-state index in [4.69, 9.17) is 0 Å². The van der Waals surface area contributed by atoms with Gasteiger partial charge in [-0.25, -0.2) is 8.78 Å². The molecule has 1 fully saturated rings. The van der Waals surface area contributed by atoms with E-state index in [0.29, 0.717) is 12.1 Å². The van der Waals surface area contributed by atoms with Gasteiger partial charge in [0, 0.05) is 58.4 Å². The van der Waals surface area contributed by atoms with Crippen LogP contribution >= 0.6 is 0 Å². The summed E-state index contributed by atoms with van der Waals surface area (Å²) in [6.07, 6.45) is 0. The van der Waals surface area contributed by atoms with Crippen molar-refractivity contribution in [3.8, 4) is 0 Å². The maximum atomic E-state index is 13.8. The van der Waals surface area contributed by atoms with Crippen molar-refractivity contribution in [3.63, 3.8) is 0 Å². The van der Waals surface area contributed by atoms with Crippen LogP contribution in [-0.2, 0) is 6.54 Å². The number of anilines is 2. The lowest BCUT2D eigenvalue weighted by molar-refractivity contribution is 0.246. The van der Waals surface area contributed by atoms with Crippen molar-refractivity contribution in [2.75, 3.05) is 50.1 Å². The Morgan fingerprint density at radius 3 is 2.33 bits per heavy atom. The van der Waals surface area contributed by atoms with Crippen LogP contribution in [0.25, 0.3) is 0 Å². The highest BCUT2D eigenvalue weighted by molar-refractivity contribution is 5.44. The number of nitrogens with zero attached hydrogens (tertiary/aromatic N) is 5. The van der Waals surface area contributed by atoms with Crippen LogP contribution < -0.4 is 9.80 Å². The summed E-state index contributed by atoms with van der Waals surface area (Å²) in [6.45, 7) is 3.70. The highest BCUT2D eigenvalue weighted by Crippen LogP contribution is 2.17. The molecule has 24 heavy (non-hydrogen) atoms. The number of benzene rings is 1. The smallest absolute Gasteiger partial charge is 0.151 e. The van der Waals surface area contributed by atoms with Crippen molar-refractivity contribution in [1.29, 1.82) is 0 Å². The molecular weight excluding hydrogens is 312 g/mol. The first-order valence-electron chi connectivity index (χ1n) is 7.95. The molecule has 0 spiro atoms. The quantitative estimate of drug-likeness (QED) is 0.857. The van der Waals surface area contributed by atoms with Crippen LogP contribution in [0.2, 0.25) is 0 Å². The molecule has 1 aliphatic rings. The lowest BCUT2D eigenvalue weighted by Gasteiger charge is -2.35. The van der Waals surface area contributed by atoms with Crippen molar-refractivity contribution in [2.45, 2.75) is 6.54 Å². The molecule has 0 amide bonds. The van der Waals surface area contributed by atoms with Gasteiger partial charge in [0.05, 0.1) is 0 Å². The molecule has 0 saturated carbocycles. The maximum absolute atomic E-state index is 13.8. The molecule has 1 aromatic heterocycles. The van der Waals surface area contributed by atoms with Gasteiger partial charge in [-0.05, 0) is 18.2 Å². The second-order valence-electron chi connectivity index (χ2n) is 6.14. The summed E-state index contributed by atoms with van der Waals surface area (Å²) in [4.78, 5) is 6.24. The minimum Gasteiger partial charge on any atom is -0.361 e. The molecule has 5 nitrogen and oxygen atoms in total. The summed E-state index contributed by atoms with van der Waals surface area (Å²) < 4.78 is 26.7. The van der Waals surface area contributed by atoms with E-state index >= 15 is 0 Å². The predicted molar refractivity (Wildman–Crippen MR) is 90.2 cm³/mol. The molecule has 0 atom stereocenters. The number of rotatable bonds is 4. The van der Waals surface area contributed by atoms with Crippen LogP contribution in [0.15, 0.2) is 30.3 Å². The maximum Gasteiger partial charge on any atom is 0.151 e. The van der Waals surface area contributed by atoms with Crippen LogP contribution in [0.3, 0.4) is 0 Å². The van der Waals surface area contributed by atoms with Crippen LogP contribution in [-0.4, -0.2) is 55.4 Å². The molecule has 0 aliphatic carbocycles. The summed E-state index contributed by atoms with van der Waals surface area (Å²) in [5.74, 6) is 0.653. The third kappa shape index (κ3) is 3.79. The van der Waals surface area contributed by atoms with Gasteiger partial charge in [-0.15, -0.1) is 10.2 Å². The Labute approximate surface area is 140 Å². The van der Waals surface area contributed by atoms with E-state index < -0.39 is 11.6 Å². The van der Waals surface area contributed by atoms with Crippen LogP contribution in [0.4, 0.5) is 20.4 Å². The van der Waals surface area contributed by atoms with E-state index in [1.165, 1.54) is 12.1 Å². The fourth-order valence-electron chi connectivity index (χ4n) is 2.75. The molecule has 1 aliphatic heterocycles. The third-order valence-corrected chi connectivity index (χ3v) is 4.20. The van der Waals surface area contributed by atoms with E-state index in [1.807, 2.05) is 31.1 Å². The lowest BCUT2D eigenvalue weighted by atomic mass is 10.2. The van der Waals surface area contributed by atoms with E-state index in [1.54, 1.807) is 0 Å². The Hall–Kier alpha value is -2.28. The summed E-state index contributed by atoms with van der Waals surface area (Å²) in [6, 6.07) is 7.67. The average Bonchev–Trinajstić information content (AvgIpc) is 2.58. The molecule has 128 valence electrons. The predicted octanol–water partition coefficient (Wildman–Crippen LogP) is 2.14. The largest absolute Gasteiger partial charge is 0.361 e. The SMILES string of the molecule is CN(C)c1ccc(N2CCN(Cc3ccc(F)cc3F)CC2)nn1. The van der Waals surface area contributed by atoms with Gasteiger partial charge in [0.1, 0.15) is 11.6 Å². The third-order valence-electron chi connectivity index (χ3n) is 4.20. The van der Waals surface area contributed by atoms with Gasteiger partial charge in [-0.1, -0.05) is 6.07 Å². The molecule has 2 heterocycles. The summed E-state index contributed by atoms with van der Waals surface area (Å²) in [5.41, 5.74) is 0.528. The molecule has 1 aromatic carbocycles. The Morgan fingerprint density at radius 1 is 1.00 bits per heavy atom. The fourth-order valence-corrected chi connectivity index (χ4v) is 2.75. The Morgan fingerprint density at radius 2 is 1.75 bits per heavy atom. The number of hydrogen-bond donors (Lipinski definition) is 0. The van der Waals surface area contributed by atoms with Gasteiger partial charge < -0.3 is 9.80 Å². The lowest BCUT2D eigenvalue weighted by Crippen LogP contribution is -2.46. The molecule has 0 bridgehead atoms.